The van der Waals surface area contributed by atoms with Crippen LogP contribution in [0.2, 0.25) is 5.02 Å². The number of halogens is 1. The molecule has 0 bridgehead atoms. The molecule has 0 heterocycles. The third kappa shape index (κ3) is 17.3. The van der Waals surface area contributed by atoms with E-state index in [1.54, 1.807) is 7.11 Å². The van der Waals surface area contributed by atoms with Gasteiger partial charge in [0, 0.05) is 18.1 Å². The highest BCUT2D eigenvalue weighted by Crippen LogP contribution is 2.10. The van der Waals surface area contributed by atoms with Crippen molar-refractivity contribution in [2.75, 3.05) is 20.2 Å². The molecule has 6 heteroatoms. The van der Waals surface area contributed by atoms with Gasteiger partial charge in [0.1, 0.15) is 5.75 Å². The number of carbonyl (C=O) groups excluding carboxylic acids is 2. The summed E-state index contributed by atoms with van der Waals surface area (Å²) in [5.74, 6) is 0.917. The van der Waals surface area contributed by atoms with E-state index in [0.717, 1.165) is 23.6 Å². The van der Waals surface area contributed by atoms with Gasteiger partial charge in [-0.2, -0.15) is 0 Å². The number of methoxy groups -OCH3 is 1. The number of carbonyl (C=O) groups is 2. The first-order valence-corrected chi connectivity index (χ1v) is 11.6. The maximum Gasteiger partial charge on any atom is 0.207 e. The van der Waals surface area contributed by atoms with Crippen molar-refractivity contribution >= 4 is 24.4 Å². The molecule has 2 amide bonds. The van der Waals surface area contributed by atoms with Crippen molar-refractivity contribution in [3.05, 3.63) is 101 Å². The molecule has 0 saturated heterocycles. The average molecular weight is 485 g/mol. The van der Waals surface area contributed by atoms with E-state index in [1.807, 2.05) is 54.6 Å². The molecule has 0 saturated carbocycles. The molecule has 0 aromatic heterocycles. The van der Waals surface area contributed by atoms with Crippen LogP contribution in [0.3, 0.4) is 0 Å². The van der Waals surface area contributed by atoms with Crippen LogP contribution in [0.1, 0.15) is 30.5 Å². The molecule has 0 aliphatic carbocycles. The summed E-state index contributed by atoms with van der Waals surface area (Å²) in [5, 5.41) is 5.57. The molecule has 0 aliphatic heterocycles. The van der Waals surface area contributed by atoms with Crippen LogP contribution in [0.15, 0.2) is 78.9 Å². The SMILES string of the molecule is CCc1ccc(Cl)cc1.CCc1ccccc1.COc1ccc(C)cc1.O=CNCCNC=O. The van der Waals surface area contributed by atoms with Crippen LogP contribution in [-0.4, -0.2) is 33.0 Å². The fourth-order valence-electron chi connectivity index (χ4n) is 2.37. The van der Waals surface area contributed by atoms with Gasteiger partial charge in [-0.15, -0.1) is 0 Å². The predicted octanol–water partition coefficient (Wildman–Crippen LogP) is 5.63. The van der Waals surface area contributed by atoms with Gasteiger partial charge in [-0.3, -0.25) is 9.59 Å². The lowest BCUT2D eigenvalue weighted by Crippen LogP contribution is -2.25. The van der Waals surface area contributed by atoms with Gasteiger partial charge in [0.15, 0.2) is 0 Å². The van der Waals surface area contributed by atoms with Gasteiger partial charge in [-0.1, -0.05) is 85.6 Å². The van der Waals surface area contributed by atoms with Crippen molar-refractivity contribution in [1.29, 1.82) is 0 Å². The zero-order valence-electron chi connectivity index (χ0n) is 20.6. The lowest BCUT2D eigenvalue weighted by molar-refractivity contribution is -0.111. The quantitative estimate of drug-likeness (QED) is 0.321. The number of rotatable bonds is 8. The van der Waals surface area contributed by atoms with Crippen molar-refractivity contribution < 1.29 is 14.3 Å². The second-order valence-electron chi connectivity index (χ2n) is 6.98. The highest BCUT2D eigenvalue weighted by Gasteiger charge is 1.87. The van der Waals surface area contributed by atoms with Crippen molar-refractivity contribution in [1.82, 2.24) is 10.6 Å². The molecule has 34 heavy (non-hydrogen) atoms. The monoisotopic (exact) mass is 484 g/mol. The summed E-state index contributed by atoms with van der Waals surface area (Å²) in [6, 6.07) is 26.3. The van der Waals surface area contributed by atoms with Crippen molar-refractivity contribution in [2.24, 2.45) is 0 Å². The number of amides is 2. The smallest absolute Gasteiger partial charge is 0.207 e. The highest BCUT2D eigenvalue weighted by molar-refractivity contribution is 6.30. The number of hydrogen-bond acceptors (Lipinski definition) is 3. The molecule has 0 unspecified atom stereocenters. The summed E-state index contributed by atoms with van der Waals surface area (Å²) >= 11 is 5.67. The zero-order valence-corrected chi connectivity index (χ0v) is 21.3. The van der Waals surface area contributed by atoms with Gasteiger partial charge in [0.05, 0.1) is 7.11 Å². The van der Waals surface area contributed by atoms with E-state index in [4.69, 9.17) is 16.3 Å². The van der Waals surface area contributed by atoms with Crippen LogP contribution in [-0.2, 0) is 22.4 Å². The minimum atomic E-state index is 0.488. The van der Waals surface area contributed by atoms with E-state index in [9.17, 15) is 9.59 Å². The predicted molar refractivity (Wildman–Crippen MR) is 143 cm³/mol. The number of nitrogens with one attached hydrogen (secondary N) is 2. The maximum atomic E-state index is 9.54. The Kier molecular flexibility index (Phi) is 19.4. The molecule has 0 aliphatic rings. The lowest BCUT2D eigenvalue weighted by Gasteiger charge is -1.97. The van der Waals surface area contributed by atoms with Crippen LogP contribution >= 0.6 is 11.6 Å². The molecule has 5 nitrogen and oxygen atoms in total. The van der Waals surface area contributed by atoms with Crippen LogP contribution in [0, 0.1) is 6.92 Å². The second-order valence-corrected chi connectivity index (χ2v) is 7.42. The number of ether oxygens (including phenoxy) is 1. The first-order valence-electron chi connectivity index (χ1n) is 11.2. The Balaban J connectivity index is 0.000000428. The molecule has 0 radical (unpaired) electrons. The molecule has 3 aromatic rings. The van der Waals surface area contributed by atoms with E-state index >= 15 is 0 Å². The molecular weight excluding hydrogens is 448 g/mol. The first kappa shape index (κ1) is 30.7. The Labute approximate surface area is 209 Å². The Hall–Kier alpha value is -3.31. The number of hydrogen-bond donors (Lipinski definition) is 2. The standard InChI is InChI=1S/C8H9Cl.C8H10O.C8H10.C4H8N2O2/c1-2-7-3-5-8(9)6-4-7;1-7-3-5-8(9-2)6-4-7;1-2-8-6-4-3-5-7-8;7-3-5-1-2-6-4-8/h3-6H,2H2,1H3;3-6H,1-2H3;3-7H,2H2,1H3;3-4H,1-2H2,(H,5,7)(H,6,8). The third-order valence-electron chi connectivity index (χ3n) is 4.41. The topological polar surface area (TPSA) is 67.4 Å². The Morgan fingerprint density at radius 1 is 0.735 bits per heavy atom. The van der Waals surface area contributed by atoms with Gasteiger partial charge in [0.2, 0.25) is 12.8 Å². The number of benzene rings is 3. The summed E-state index contributed by atoms with van der Waals surface area (Å²) in [6.45, 7) is 7.32. The molecule has 3 aromatic carbocycles. The van der Waals surface area contributed by atoms with E-state index in [-0.39, 0.29) is 0 Å². The normalized spacial score (nSPS) is 8.85. The van der Waals surface area contributed by atoms with Crippen molar-refractivity contribution in [3.63, 3.8) is 0 Å². The van der Waals surface area contributed by atoms with E-state index < -0.39 is 0 Å². The van der Waals surface area contributed by atoms with E-state index in [0.29, 0.717) is 25.9 Å². The first-order chi connectivity index (χ1) is 16.5. The fraction of sp³-hybridized carbons (Fsp3) is 0.286. The number of aryl methyl sites for hydroxylation is 3. The summed E-state index contributed by atoms with van der Waals surface area (Å²) in [4.78, 5) is 19.1. The molecular formula is C28H37ClN2O3. The maximum absolute atomic E-state index is 9.54. The molecule has 2 N–H and O–H groups in total. The summed E-state index contributed by atoms with van der Waals surface area (Å²) in [5.41, 5.74) is 4.00. The molecule has 0 spiro atoms. The van der Waals surface area contributed by atoms with Gasteiger partial charge >= 0.3 is 0 Å². The van der Waals surface area contributed by atoms with Crippen LogP contribution in [0.5, 0.6) is 5.75 Å². The zero-order chi connectivity index (χ0) is 25.4. The van der Waals surface area contributed by atoms with Crippen molar-refractivity contribution in [2.45, 2.75) is 33.6 Å². The van der Waals surface area contributed by atoms with Crippen molar-refractivity contribution in [3.8, 4) is 5.75 Å². The van der Waals surface area contributed by atoms with E-state index in [1.165, 1.54) is 16.7 Å². The Morgan fingerprint density at radius 2 is 1.21 bits per heavy atom. The van der Waals surface area contributed by atoms with E-state index in [2.05, 4.69) is 55.7 Å². The average Bonchev–Trinajstić information content (AvgIpc) is 2.89. The van der Waals surface area contributed by atoms with Gasteiger partial charge in [-0.25, -0.2) is 0 Å². The highest BCUT2D eigenvalue weighted by atomic mass is 35.5. The van der Waals surface area contributed by atoms with Gasteiger partial charge in [0.25, 0.3) is 0 Å². The van der Waals surface area contributed by atoms with Crippen LogP contribution < -0.4 is 15.4 Å². The molecule has 184 valence electrons. The minimum absolute atomic E-state index is 0.488. The second kappa shape index (κ2) is 21.5. The summed E-state index contributed by atoms with van der Waals surface area (Å²) in [6.07, 6.45) is 3.40. The Morgan fingerprint density at radius 3 is 1.59 bits per heavy atom. The van der Waals surface area contributed by atoms with Crippen LogP contribution in [0.4, 0.5) is 0 Å². The van der Waals surface area contributed by atoms with Crippen LogP contribution in [0.25, 0.3) is 0 Å². The molecule has 3 rings (SSSR count). The van der Waals surface area contributed by atoms with Gasteiger partial charge in [-0.05, 0) is 55.2 Å². The minimum Gasteiger partial charge on any atom is -0.497 e. The molecule has 0 atom stereocenters. The third-order valence-corrected chi connectivity index (χ3v) is 4.66. The fourth-order valence-corrected chi connectivity index (χ4v) is 2.50. The largest absolute Gasteiger partial charge is 0.497 e. The summed E-state index contributed by atoms with van der Waals surface area (Å²) in [7, 11) is 1.67. The summed E-state index contributed by atoms with van der Waals surface area (Å²) < 4.78 is 4.97. The Bertz CT molecular complexity index is 815. The van der Waals surface area contributed by atoms with Gasteiger partial charge < -0.3 is 15.4 Å². The molecule has 0 fully saturated rings. The lowest BCUT2D eigenvalue weighted by atomic mass is 10.2.